The van der Waals surface area contributed by atoms with Crippen LogP contribution in [0.1, 0.15) is 17.5 Å². The Bertz CT molecular complexity index is 706. The zero-order chi connectivity index (χ0) is 14.8. The van der Waals surface area contributed by atoms with Crippen LogP contribution < -0.4 is 4.74 Å². The van der Waals surface area contributed by atoms with Crippen LogP contribution in [0.4, 0.5) is 0 Å². The maximum atomic E-state index is 10.7. The van der Waals surface area contributed by atoms with Gasteiger partial charge in [0.2, 0.25) is 0 Å². The number of likely N-dealkylation sites (N-methyl/N-ethyl adjacent to an activating group) is 1. The number of likely N-dealkylation sites (tertiary alicyclic amines) is 1. The van der Waals surface area contributed by atoms with Crippen molar-refractivity contribution in [2.45, 2.75) is 48.7 Å². The number of aliphatic hydroxyl groups excluding tert-OH is 1. The molecule has 3 fully saturated rings. The first-order chi connectivity index (χ1) is 10.6. The zero-order valence-corrected chi connectivity index (χ0v) is 12.4. The molecular formula is C17H19NO4. The molecule has 2 bridgehead atoms. The van der Waals surface area contributed by atoms with Crippen LogP contribution in [0.2, 0.25) is 0 Å². The number of aliphatic hydroxyl groups is 1. The van der Waals surface area contributed by atoms with Crippen LogP contribution in [-0.4, -0.2) is 59.2 Å². The molecule has 116 valence electrons. The lowest BCUT2D eigenvalue weighted by Crippen LogP contribution is -2.68. The second kappa shape index (κ2) is 3.45. The molecule has 2 unspecified atom stereocenters. The molecule has 2 saturated heterocycles. The summed E-state index contributed by atoms with van der Waals surface area (Å²) in [6.07, 6.45) is 1.12. The highest BCUT2D eigenvalue weighted by Gasteiger charge is 2.75. The molecule has 6 rings (SSSR count). The largest absolute Gasteiger partial charge is 0.504 e. The Balaban J connectivity index is 1.68. The first-order valence-electron chi connectivity index (χ1n) is 8.18. The third kappa shape index (κ3) is 1.08. The van der Waals surface area contributed by atoms with Gasteiger partial charge in [-0.3, -0.25) is 0 Å². The second-order valence-corrected chi connectivity index (χ2v) is 7.61. The number of fused-ring (bicyclic) bond motifs is 1. The van der Waals surface area contributed by atoms with Gasteiger partial charge in [0.15, 0.2) is 11.5 Å². The average molecular weight is 301 g/mol. The summed E-state index contributed by atoms with van der Waals surface area (Å²) in [5, 5.41) is 21.0. The molecule has 5 nitrogen and oxygen atoms in total. The normalized spacial score (nSPS) is 50.1. The molecule has 3 heterocycles. The van der Waals surface area contributed by atoms with Gasteiger partial charge in [-0.05, 0) is 38.1 Å². The Morgan fingerprint density at radius 1 is 1.32 bits per heavy atom. The lowest BCUT2D eigenvalue weighted by atomic mass is 9.51. The number of phenols is 1. The number of phenolic OH excluding ortho intramolecular Hbond substituents is 1. The van der Waals surface area contributed by atoms with Gasteiger partial charge in [-0.1, -0.05) is 6.07 Å². The lowest BCUT2D eigenvalue weighted by molar-refractivity contribution is -0.0837. The van der Waals surface area contributed by atoms with Gasteiger partial charge in [-0.15, -0.1) is 0 Å². The number of piperidine rings is 1. The SMILES string of the molecule is CN1CC[C@]23c4c5ccc(O)c4O[C@H]2[C@@H](O)C2OC2[C@H]3[C@@H]1C5. The van der Waals surface area contributed by atoms with Crippen LogP contribution in [0.15, 0.2) is 12.1 Å². The van der Waals surface area contributed by atoms with Gasteiger partial charge in [0, 0.05) is 22.9 Å². The minimum absolute atomic E-state index is 0.0878. The summed E-state index contributed by atoms with van der Waals surface area (Å²) in [5.74, 6) is 1.19. The van der Waals surface area contributed by atoms with E-state index in [-0.39, 0.29) is 29.5 Å². The van der Waals surface area contributed by atoms with Crippen molar-refractivity contribution in [2.75, 3.05) is 13.6 Å². The van der Waals surface area contributed by atoms with Crippen LogP contribution in [-0.2, 0) is 16.6 Å². The highest BCUT2D eigenvalue weighted by molar-refractivity contribution is 5.61. The van der Waals surface area contributed by atoms with Crippen molar-refractivity contribution in [3.63, 3.8) is 0 Å². The van der Waals surface area contributed by atoms with Gasteiger partial charge in [0.05, 0.1) is 6.10 Å². The second-order valence-electron chi connectivity index (χ2n) is 7.61. The minimum Gasteiger partial charge on any atom is -0.504 e. The summed E-state index contributed by atoms with van der Waals surface area (Å²) < 4.78 is 12.0. The fourth-order valence-corrected chi connectivity index (χ4v) is 5.99. The van der Waals surface area contributed by atoms with E-state index in [4.69, 9.17) is 9.47 Å². The summed E-state index contributed by atoms with van der Waals surface area (Å²) >= 11 is 0. The third-order valence-electron chi connectivity index (χ3n) is 6.89. The van der Waals surface area contributed by atoms with Gasteiger partial charge in [0.1, 0.15) is 18.3 Å². The average Bonchev–Trinajstić information content (AvgIpc) is 3.22. The Kier molecular flexibility index (Phi) is 1.91. The van der Waals surface area contributed by atoms with Crippen LogP contribution in [0, 0.1) is 5.92 Å². The Morgan fingerprint density at radius 2 is 2.18 bits per heavy atom. The monoisotopic (exact) mass is 301 g/mol. The lowest BCUT2D eigenvalue weighted by Gasteiger charge is -2.57. The van der Waals surface area contributed by atoms with E-state index in [1.54, 1.807) is 6.07 Å². The molecule has 5 aliphatic rings. The maximum absolute atomic E-state index is 10.7. The minimum atomic E-state index is -0.594. The van der Waals surface area contributed by atoms with Gasteiger partial charge >= 0.3 is 0 Å². The van der Waals surface area contributed by atoms with E-state index >= 15 is 0 Å². The highest BCUT2D eigenvalue weighted by Crippen LogP contribution is 2.66. The Hall–Kier alpha value is -1.30. The standard InChI is InChI=1S/C17H19NO4/c1-18-5-4-17-10-7-2-3-9(19)13(10)22-16(17)12(20)15-14(21-15)11(17)8(18)6-7/h2-3,8,11-12,14-16,19-20H,4-6H2,1H3/t8-,11+,12-,14?,15?,16-,17+/m0/s1. The first-order valence-corrected chi connectivity index (χ1v) is 8.18. The number of aromatic hydroxyl groups is 1. The van der Waals surface area contributed by atoms with Crippen LogP contribution >= 0.6 is 0 Å². The number of benzene rings is 1. The van der Waals surface area contributed by atoms with E-state index < -0.39 is 6.10 Å². The molecular weight excluding hydrogens is 282 g/mol. The fraction of sp³-hybridized carbons (Fsp3) is 0.647. The summed E-state index contributed by atoms with van der Waals surface area (Å²) in [7, 11) is 2.19. The van der Waals surface area contributed by atoms with Gasteiger partial charge in [-0.2, -0.15) is 0 Å². The van der Waals surface area contributed by atoms with E-state index in [1.807, 2.05) is 6.07 Å². The molecule has 0 aromatic heterocycles. The van der Waals surface area contributed by atoms with E-state index in [2.05, 4.69) is 11.9 Å². The predicted octanol–water partition coefficient (Wildman–Crippen LogP) is 0.409. The molecule has 3 aliphatic heterocycles. The summed E-state index contributed by atoms with van der Waals surface area (Å²) in [6, 6.07) is 4.21. The molecule has 1 spiro atoms. The van der Waals surface area contributed by atoms with Crippen molar-refractivity contribution in [3.8, 4) is 11.5 Å². The van der Waals surface area contributed by atoms with Crippen molar-refractivity contribution in [1.82, 2.24) is 4.90 Å². The number of epoxide rings is 1. The van der Waals surface area contributed by atoms with Crippen molar-refractivity contribution < 1.29 is 19.7 Å². The van der Waals surface area contributed by atoms with E-state index in [0.717, 1.165) is 19.4 Å². The molecule has 22 heavy (non-hydrogen) atoms. The number of ether oxygens (including phenoxy) is 2. The van der Waals surface area contributed by atoms with Crippen molar-refractivity contribution in [2.24, 2.45) is 5.92 Å². The Morgan fingerprint density at radius 3 is 3.05 bits per heavy atom. The summed E-state index contributed by atoms with van der Waals surface area (Å²) in [4.78, 5) is 2.44. The third-order valence-corrected chi connectivity index (χ3v) is 6.89. The number of hydrogen-bond donors (Lipinski definition) is 2. The van der Waals surface area contributed by atoms with Gasteiger partial charge in [0.25, 0.3) is 0 Å². The molecule has 5 heteroatoms. The molecule has 2 N–H and O–H groups in total. The number of hydrogen-bond acceptors (Lipinski definition) is 5. The first kappa shape index (κ1) is 12.2. The van der Waals surface area contributed by atoms with E-state index in [1.165, 1.54) is 11.1 Å². The van der Waals surface area contributed by atoms with Crippen molar-refractivity contribution in [1.29, 1.82) is 0 Å². The molecule has 1 aromatic rings. The fourth-order valence-electron chi connectivity index (χ4n) is 5.99. The highest BCUT2D eigenvalue weighted by atomic mass is 16.6. The summed E-state index contributed by atoms with van der Waals surface area (Å²) in [5.41, 5.74) is 2.25. The van der Waals surface area contributed by atoms with Crippen LogP contribution in [0.5, 0.6) is 11.5 Å². The maximum Gasteiger partial charge on any atom is 0.165 e. The molecule has 0 amide bonds. The van der Waals surface area contributed by atoms with Gasteiger partial charge < -0.3 is 24.6 Å². The smallest absolute Gasteiger partial charge is 0.165 e. The quantitative estimate of drug-likeness (QED) is 0.680. The Labute approximate surface area is 128 Å². The number of rotatable bonds is 0. The van der Waals surface area contributed by atoms with Gasteiger partial charge in [-0.25, -0.2) is 0 Å². The molecule has 0 radical (unpaired) electrons. The summed E-state index contributed by atoms with van der Waals surface area (Å²) in [6.45, 7) is 1.000. The van der Waals surface area contributed by atoms with Crippen LogP contribution in [0.3, 0.4) is 0 Å². The zero-order valence-electron chi connectivity index (χ0n) is 12.4. The molecule has 1 saturated carbocycles. The number of nitrogens with zero attached hydrogens (tertiary/aromatic N) is 1. The molecule has 1 aromatic carbocycles. The van der Waals surface area contributed by atoms with E-state index in [9.17, 15) is 10.2 Å². The van der Waals surface area contributed by atoms with Crippen molar-refractivity contribution >= 4 is 0 Å². The van der Waals surface area contributed by atoms with E-state index in [0.29, 0.717) is 17.7 Å². The van der Waals surface area contributed by atoms with Crippen molar-refractivity contribution in [3.05, 3.63) is 23.3 Å². The van der Waals surface area contributed by atoms with Crippen LogP contribution in [0.25, 0.3) is 0 Å². The molecule has 2 aliphatic carbocycles. The predicted molar refractivity (Wildman–Crippen MR) is 77.1 cm³/mol. The topological polar surface area (TPSA) is 65.5 Å². The molecule has 7 atom stereocenters.